The molecule has 2 rings (SSSR count). The van der Waals surface area contributed by atoms with E-state index in [1.165, 1.54) is 11.1 Å². The summed E-state index contributed by atoms with van der Waals surface area (Å²) in [6.45, 7) is 4.04. The Labute approximate surface area is 127 Å². The fourth-order valence-electron chi connectivity index (χ4n) is 2.37. The second-order valence-corrected chi connectivity index (χ2v) is 5.98. The second kappa shape index (κ2) is 7.19. The predicted molar refractivity (Wildman–Crippen MR) is 82.2 cm³/mol. The summed E-state index contributed by atoms with van der Waals surface area (Å²) in [7, 11) is 3.74. The molecule has 1 aromatic heterocycles. The van der Waals surface area contributed by atoms with Crippen molar-refractivity contribution in [3.05, 3.63) is 21.0 Å². The molecule has 6 nitrogen and oxygen atoms in total. The molecule has 1 aromatic rings. The van der Waals surface area contributed by atoms with Gasteiger partial charge in [0, 0.05) is 20.2 Å². The number of anilines is 1. The highest BCUT2D eigenvalue weighted by molar-refractivity contribution is 9.10. The highest BCUT2D eigenvalue weighted by atomic mass is 79.9. The standard InChI is InChI=1S/C13H21BrN4O2/c1-17-4-3-10(9-17)7-15-11-8-16-18(5-6-20-2)13(19)12(11)14/h8,10,15H,3-7,9H2,1-2H3. The van der Waals surface area contributed by atoms with Gasteiger partial charge in [-0.2, -0.15) is 5.10 Å². The number of likely N-dealkylation sites (tertiary alicyclic amines) is 1. The molecule has 1 aliphatic rings. The van der Waals surface area contributed by atoms with Gasteiger partial charge >= 0.3 is 0 Å². The van der Waals surface area contributed by atoms with Crippen LogP contribution in [-0.2, 0) is 11.3 Å². The molecule has 1 fully saturated rings. The van der Waals surface area contributed by atoms with E-state index in [9.17, 15) is 4.79 Å². The molecule has 1 unspecified atom stereocenters. The Morgan fingerprint density at radius 2 is 2.40 bits per heavy atom. The third-order valence-corrected chi connectivity index (χ3v) is 4.33. The first-order valence-electron chi connectivity index (χ1n) is 6.78. The smallest absolute Gasteiger partial charge is 0.283 e. The Morgan fingerprint density at radius 1 is 1.60 bits per heavy atom. The average molecular weight is 345 g/mol. The van der Waals surface area contributed by atoms with Gasteiger partial charge in [-0.25, -0.2) is 4.68 Å². The van der Waals surface area contributed by atoms with Gasteiger partial charge in [-0.05, 0) is 41.9 Å². The second-order valence-electron chi connectivity index (χ2n) is 5.19. The van der Waals surface area contributed by atoms with Crippen LogP contribution < -0.4 is 10.9 Å². The van der Waals surface area contributed by atoms with Crippen molar-refractivity contribution in [2.45, 2.75) is 13.0 Å². The number of nitrogens with one attached hydrogen (secondary N) is 1. The lowest BCUT2D eigenvalue weighted by Crippen LogP contribution is -2.27. The van der Waals surface area contributed by atoms with Crippen LogP contribution in [0.3, 0.4) is 0 Å². The number of rotatable bonds is 6. The van der Waals surface area contributed by atoms with Crippen LogP contribution in [0.5, 0.6) is 0 Å². The number of aromatic nitrogens is 2. The minimum atomic E-state index is -0.129. The van der Waals surface area contributed by atoms with Crippen LogP contribution in [0.2, 0.25) is 0 Å². The first-order chi connectivity index (χ1) is 9.61. The SMILES string of the molecule is COCCn1ncc(NCC2CCN(C)C2)c(Br)c1=O. The zero-order chi connectivity index (χ0) is 14.5. The molecule has 0 aliphatic carbocycles. The van der Waals surface area contributed by atoms with E-state index in [4.69, 9.17) is 4.74 Å². The van der Waals surface area contributed by atoms with Crippen molar-refractivity contribution in [1.29, 1.82) is 0 Å². The molecule has 0 amide bonds. The molecule has 0 bridgehead atoms. The van der Waals surface area contributed by atoms with Gasteiger partial charge in [0.2, 0.25) is 0 Å². The van der Waals surface area contributed by atoms with Gasteiger partial charge in [0.25, 0.3) is 5.56 Å². The van der Waals surface area contributed by atoms with Crippen LogP contribution in [0, 0.1) is 5.92 Å². The van der Waals surface area contributed by atoms with E-state index in [0.29, 0.717) is 23.5 Å². The zero-order valence-electron chi connectivity index (χ0n) is 11.9. The monoisotopic (exact) mass is 344 g/mol. The lowest BCUT2D eigenvalue weighted by atomic mass is 10.1. The van der Waals surface area contributed by atoms with Crippen LogP contribution in [-0.4, -0.2) is 55.1 Å². The van der Waals surface area contributed by atoms with Gasteiger partial charge in [-0.15, -0.1) is 0 Å². The molecule has 1 N–H and O–H groups in total. The maximum Gasteiger partial charge on any atom is 0.283 e. The fourth-order valence-corrected chi connectivity index (χ4v) is 2.82. The van der Waals surface area contributed by atoms with E-state index >= 15 is 0 Å². The summed E-state index contributed by atoms with van der Waals surface area (Å²) in [5, 5.41) is 7.48. The topological polar surface area (TPSA) is 59.4 Å². The number of methoxy groups -OCH3 is 1. The molecule has 112 valence electrons. The van der Waals surface area contributed by atoms with Crippen LogP contribution in [0.25, 0.3) is 0 Å². The van der Waals surface area contributed by atoms with Crippen molar-refractivity contribution in [2.24, 2.45) is 5.92 Å². The largest absolute Gasteiger partial charge is 0.383 e. The van der Waals surface area contributed by atoms with Crippen LogP contribution >= 0.6 is 15.9 Å². The van der Waals surface area contributed by atoms with Crippen molar-refractivity contribution in [3.63, 3.8) is 0 Å². The molecule has 1 atom stereocenters. The van der Waals surface area contributed by atoms with Gasteiger partial charge in [0.15, 0.2) is 0 Å². The Morgan fingerprint density at radius 3 is 3.05 bits per heavy atom. The lowest BCUT2D eigenvalue weighted by molar-refractivity contribution is 0.181. The van der Waals surface area contributed by atoms with E-state index in [2.05, 4.69) is 38.3 Å². The van der Waals surface area contributed by atoms with Crippen molar-refractivity contribution < 1.29 is 4.74 Å². The Hall–Kier alpha value is -0.920. The summed E-state index contributed by atoms with van der Waals surface area (Å²) in [4.78, 5) is 14.4. The molecule has 0 radical (unpaired) electrons. The maximum absolute atomic E-state index is 12.1. The van der Waals surface area contributed by atoms with Gasteiger partial charge in [0.05, 0.1) is 25.0 Å². The van der Waals surface area contributed by atoms with E-state index in [-0.39, 0.29) is 5.56 Å². The molecular formula is C13H21BrN4O2. The summed E-state index contributed by atoms with van der Waals surface area (Å²) in [5.74, 6) is 0.628. The van der Waals surface area contributed by atoms with Crippen molar-refractivity contribution in [1.82, 2.24) is 14.7 Å². The third kappa shape index (κ3) is 3.80. The lowest BCUT2D eigenvalue weighted by Gasteiger charge is -2.14. The minimum absolute atomic E-state index is 0.129. The normalized spacial score (nSPS) is 19.4. The van der Waals surface area contributed by atoms with E-state index in [1.54, 1.807) is 13.3 Å². The van der Waals surface area contributed by atoms with Gasteiger partial charge < -0.3 is 15.0 Å². The molecule has 0 aromatic carbocycles. The summed E-state index contributed by atoms with van der Waals surface area (Å²) < 4.78 is 6.90. The molecule has 0 spiro atoms. The number of nitrogens with zero attached hydrogens (tertiary/aromatic N) is 3. The summed E-state index contributed by atoms with van der Waals surface area (Å²) in [6.07, 6.45) is 2.89. The van der Waals surface area contributed by atoms with Gasteiger partial charge in [-0.1, -0.05) is 0 Å². The van der Waals surface area contributed by atoms with Gasteiger partial charge in [0.1, 0.15) is 4.47 Å². The maximum atomic E-state index is 12.1. The quantitative estimate of drug-likeness (QED) is 0.834. The molecule has 1 saturated heterocycles. The van der Waals surface area contributed by atoms with Crippen molar-refractivity contribution in [2.75, 3.05) is 45.7 Å². The van der Waals surface area contributed by atoms with Crippen LogP contribution in [0.15, 0.2) is 15.5 Å². The van der Waals surface area contributed by atoms with E-state index < -0.39 is 0 Å². The summed E-state index contributed by atoms with van der Waals surface area (Å²) >= 11 is 3.36. The Bertz CT molecular complexity index is 506. The van der Waals surface area contributed by atoms with Gasteiger partial charge in [-0.3, -0.25) is 4.79 Å². The minimum Gasteiger partial charge on any atom is -0.383 e. The first-order valence-corrected chi connectivity index (χ1v) is 7.58. The predicted octanol–water partition coefficient (Wildman–Crippen LogP) is 1.02. The van der Waals surface area contributed by atoms with Crippen LogP contribution in [0.4, 0.5) is 5.69 Å². The van der Waals surface area contributed by atoms with Crippen molar-refractivity contribution >= 4 is 21.6 Å². The third-order valence-electron chi connectivity index (χ3n) is 3.56. The zero-order valence-corrected chi connectivity index (χ0v) is 13.5. The molecular weight excluding hydrogens is 324 g/mol. The Balaban J connectivity index is 1.98. The molecule has 0 saturated carbocycles. The Kier molecular flexibility index (Phi) is 5.56. The van der Waals surface area contributed by atoms with E-state index in [1.807, 2.05) is 0 Å². The summed E-state index contributed by atoms with van der Waals surface area (Å²) in [6, 6.07) is 0. The first kappa shape index (κ1) is 15.5. The molecule has 1 aliphatic heterocycles. The highest BCUT2D eigenvalue weighted by Crippen LogP contribution is 2.19. The van der Waals surface area contributed by atoms with E-state index in [0.717, 1.165) is 25.3 Å². The number of ether oxygens (including phenoxy) is 1. The number of hydrogen-bond acceptors (Lipinski definition) is 5. The highest BCUT2D eigenvalue weighted by Gasteiger charge is 2.19. The average Bonchev–Trinajstić information content (AvgIpc) is 2.85. The number of hydrogen-bond donors (Lipinski definition) is 1. The molecule has 20 heavy (non-hydrogen) atoms. The molecule has 7 heteroatoms. The molecule has 2 heterocycles. The van der Waals surface area contributed by atoms with Crippen molar-refractivity contribution in [3.8, 4) is 0 Å². The summed E-state index contributed by atoms with van der Waals surface area (Å²) in [5.41, 5.74) is 0.633. The van der Waals surface area contributed by atoms with Crippen LogP contribution in [0.1, 0.15) is 6.42 Å². The number of halogens is 1. The fraction of sp³-hybridized carbons (Fsp3) is 0.692.